The molecular weight excluding hydrogens is 344 g/mol. The fourth-order valence-corrected chi connectivity index (χ4v) is 3.77. The molecule has 1 aliphatic rings. The first-order valence-electron chi connectivity index (χ1n) is 8.42. The van der Waals surface area contributed by atoms with E-state index in [9.17, 15) is 23.5 Å². The van der Waals surface area contributed by atoms with Gasteiger partial charge in [0.25, 0.3) is 5.56 Å². The van der Waals surface area contributed by atoms with Crippen LogP contribution >= 0.6 is 0 Å². The molecule has 4 rings (SSSR count). The third-order valence-corrected chi connectivity index (χ3v) is 5.17. The van der Waals surface area contributed by atoms with Gasteiger partial charge in [0.05, 0.1) is 34.2 Å². The largest absolute Gasteiger partial charge is 0.478 e. The van der Waals surface area contributed by atoms with Gasteiger partial charge in [-0.25, -0.2) is 13.6 Å². The maximum atomic E-state index is 13.5. The number of aromatic carboxylic acids is 1. The predicted octanol–water partition coefficient (Wildman–Crippen LogP) is 3.63. The van der Waals surface area contributed by atoms with Crippen molar-refractivity contribution in [2.75, 3.05) is 0 Å². The Morgan fingerprint density at radius 2 is 2.00 bits per heavy atom. The first kappa shape index (κ1) is 16.7. The number of aromatic nitrogens is 3. The van der Waals surface area contributed by atoms with Gasteiger partial charge in [-0.15, -0.1) is 0 Å². The Morgan fingerprint density at radius 1 is 1.31 bits per heavy atom. The van der Waals surface area contributed by atoms with Gasteiger partial charge in [-0.3, -0.25) is 9.48 Å². The molecule has 1 saturated carbocycles. The molecule has 2 N–H and O–H groups in total. The summed E-state index contributed by atoms with van der Waals surface area (Å²) in [4.78, 5) is 26.6. The van der Waals surface area contributed by atoms with Gasteiger partial charge in [-0.05, 0) is 37.5 Å². The quantitative estimate of drug-likeness (QED) is 0.729. The van der Waals surface area contributed by atoms with E-state index in [1.54, 1.807) is 17.7 Å². The fourth-order valence-electron chi connectivity index (χ4n) is 3.77. The van der Waals surface area contributed by atoms with Crippen molar-refractivity contribution in [1.29, 1.82) is 0 Å². The van der Waals surface area contributed by atoms with Crippen LogP contribution in [-0.2, 0) is 0 Å². The topological polar surface area (TPSA) is 88.0 Å². The molecule has 8 heteroatoms. The summed E-state index contributed by atoms with van der Waals surface area (Å²) >= 11 is 0. The van der Waals surface area contributed by atoms with Gasteiger partial charge in [-0.1, -0.05) is 0 Å². The van der Waals surface area contributed by atoms with E-state index < -0.39 is 11.9 Å². The predicted molar refractivity (Wildman–Crippen MR) is 92.0 cm³/mol. The van der Waals surface area contributed by atoms with Crippen LogP contribution in [0.1, 0.15) is 47.6 Å². The van der Waals surface area contributed by atoms with E-state index in [2.05, 4.69) is 10.1 Å². The maximum Gasteiger partial charge on any atom is 0.335 e. The molecular formula is C18H17F2N3O3. The lowest BCUT2D eigenvalue weighted by molar-refractivity contribution is -0.0445. The number of fused-ring (bicyclic) bond motifs is 3. The van der Waals surface area contributed by atoms with E-state index in [1.807, 2.05) is 0 Å². The Bertz CT molecular complexity index is 1090. The molecule has 0 atom stereocenters. The number of pyridine rings is 1. The number of alkyl halides is 2. The number of halogens is 2. The number of carboxylic acid groups (broad SMARTS) is 1. The number of carboxylic acids is 1. The molecule has 0 amide bonds. The van der Waals surface area contributed by atoms with Gasteiger partial charge in [0.1, 0.15) is 0 Å². The lowest BCUT2D eigenvalue weighted by Crippen LogP contribution is -2.26. The molecule has 0 bridgehead atoms. The number of nitrogens with one attached hydrogen (secondary N) is 1. The standard InChI is InChI=1S/C18H17F2N3O3/c1-9-6-14-12(7-11(9)17(25)26)15-13(16(24)22-14)8-21-23(15)10-2-4-18(19,20)5-3-10/h6-8,10H,2-5H2,1H3,(H,22,24)(H,25,26). The average molecular weight is 361 g/mol. The molecule has 1 aliphatic carbocycles. The van der Waals surface area contributed by atoms with Crippen LogP contribution in [0.4, 0.5) is 8.78 Å². The number of carbonyl (C=O) groups is 1. The number of hydrogen-bond donors (Lipinski definition) is 2. The van der Waals surface area contributed by atoms with Gasteiger partial charge in [0.15, 0.2) is 0 Å². The number of H-pyrrole nitrogens is 1. The van der Waals surface area contributed by atoms with E-state index in [-0.39, 0.29) is 42.8 Å². The van der Waals surface area contributed by atoms with Crippen molar-refractivity contribution in [2.45, 2.75) is 44.6 Å². The van der Waals surface area contributed by atoms with E-state index in [1.165, 1.54) is 12.3 Å². The van der Waals surface area contributed by atoms with Crippen LogP contribution in [0.2, 0.25) is 0 Å². The molecule has 3 aromatic rings. The van der Waals surface area contributed by atoms with E-state index in [4.69, 9.17) is 0 Å². The normalized spacial score (nSPS) is 17.8. The number of aromatic amines is 1. The van der Waals surface area contributed by atoms with Crippen molar-refractivity contribution in [1.82, 2.24) is 14.8 Å². The molecule has 6 nitrogen and oxygen atoms in total. The van der Waals surface area contributed by atoms with Gasteiger partial charge < -0.3 is 10.1 Å². The summed E-state index contributed by atoms with van der Waals surface area (Å²) in [7, 11) is 0. The Labute approximate surface area is 146 Å². The van der Waals surface area contributed by atoms with Crippen molar-refractivity contribution in [3.63, 3.8) is 0 Å². The van der Waals surface area contributed by atoms with Gasteiger partial charge in [-0.2, -0.15) is 5.10 Å². The molecule has 136 valence electrons. The molecule has 2 aromatic heterocycles. The fraction of sp³-hybridized carbons (Fsp3) is 0.389. The lowest BCUT2D eigenvalue weighted by atomic mass is 9.92. The van der Waals surface area contributed by atoms with Crippen molar-refractivity contribution in [3.05, 3.63) is 39.8 Å². The Balaban J connectivity index is 1.96. The zero-order valence-corrected chi connectivity index (χ0v) is 14.1. The second-order valence-electron chi connectivity index (χ2n) is 6.91. The van der Waals surface area contributed by atoms with Crippen LogP contribution in [0, 0.1) is 6.92 Å². The minimum absolute atomic E-state index is 0.133. The minimum Gasteiger partial charge on any atom is -0.478 e. The molecule has 0 unspecified atom stereocenters. The van der Waals surface area contributed by atoms with Crippen molar-refractivity contribution < 1.29 is 18.7 Å². The number of rotatable bonds is 2. The van der Waals surface area contributed by atoms with E-state index in [0.717, 1.165) is 0 Å². The first-order chi connectivity index (χ1) is 12.3. The summed E-state index contributed by atoms with van der Waals surface area (Å²) < 4.78 is 28.6. The zero-order chi connectivity index (χ0) is 18.6. The number of benzene rings is 1. The smallest absolute Gasteiger partial charge is 0.335 e. The van der Waals surface area contributed by atoms with E-state index >= 15 is 0 Å². The monoisotopic (exact) mass is 361 g/mol. The Morgan fingerprint density at radius 3 is 2.65 bits per heavy atom. The van der Waals surface area contributed by atoms with Gasteiger partial charge in [0.2, 0.25) is 5.92 Å². The van der Waals surface area contributed by atoms with Crippen LogP contribution < -0.4 is 5.56 Å². The van der Waals surface area contributed by atoms with Crippen LogP contribution in [-0.4, -0.2) is 31.8 Å². The molecule has 0 spiro atoms. The van der Waals surface area contributed by atoms with Crippen LogP contribution in [0.25, 0.3) is 21.8 Å². The third-order valence-electron chi connectivity index (χ3n) is 5.17. The minimum atomic E-state index is -2.66. The summed E-state index contributed by atoms with van der Waals surface area (Å²) in [5.74, 6) is -3.72. The molecule has 2 heterocycles. The summed E-state index contributed by atoms with van der Waals surface area (Å²) in [5.41, 5.74) is 1.34. The van der Waals surface area contributed by atoms with Crippen LogP contribution in [0.3, 0.4) is 0 Å². The highest BCUT2D eigenvalue weighted by molar-refractivity contribution is 6.06. The summed E-state index contributed by atoms with van der Waals surface area (Å²) in [6, 6.07) is 2.89. The molecule has 1 aromatic carbocycles. The Kier molecular flexibility index (Phi) is 3.61. The van der Waals surface area contributed by atoms with Gasteiger partial charge >= 0.3 is 5.97 Å². The van der Waals surface area contributed by atoms with Crippen molar-refractivity contribution in [3.8, 4) is 0 Å². The van der Waals surface area contributed by atoms with Gasteiger partial charge in [0, 0.05) is 18.2 Å². The number of aryl methyl sites for hydroxylation is 1. The summed E-state index contributed by atoms with van der Waals surface area (Å²) in [6.07, 6.45) is 1.49. The third kappa shape index (κ3) is 2.56. The van der Waals surface area contributed by atoms with E-state index in [0.29, 0.717) is 27.4 Å². The second kappa shape index (κ2) is 5.62. The molecule has 0 radical (unpaired) electrons. The SMILES string of the molecule is Cc1cc2[nH]c(=O)c3cnn(C4CCC(F)(F)CC4)c3c2cc1C(=O)O. The number of nitrogens with zero attached hydrogens (tertiary/aromatic N) is 2. The highest BCUT2D eigenvalue weighted by Crippen LogP contribution is 2.39. The number of hydrogen-bond acceptors (Lipinski definition) is 3. The zero-order valence-electron chi connectivity index (χ0n) is 14.1. The lowest BCUT2D eigenvalue weighted by Gasteiger charge is -2.29. The highest BCUT2D eigenvalue weighted by atomic mass is 19.3. The Hall–Kier alpha value is -2.77. The summed E-state index contributed by atoms with van der Waals surface area (Å²) in [5, 5.41) is 14.6. The molecule has 26 heavy (non-hydrogen) atoms. The van der Waals surface area contributed by atoms with Crippen molar-refractivity contribution in [2.24, 2.45) is 0 Å². The highest BCUT2D eigenvalue weighted by Gasteiger charge is 2.36. The maximum absolute atomic E-state index is 13.5. The molecule has 1 fully saturated rings. The molecule has 0 aliphatic heterocycles. The van der Waals surface area contributed by atoms with Crippen LogP contribution in [0.15, 0.2) is 23.1 Å². The average Bonchev–Trinajstić information content (AvgIpc) is 3.00. The first-order valence-corrected chi connectivity index (χ1v) is 8.42. The second-order valence-corrected chi connectivity index (χ2v) is 6.91. The molecule has 0 saturated heterocycles. The summed E-state index contributed by atoms with van der Waals surface area (Å²) in [6.45, 7) is 1.66. The van der Waals surface area contributed by atoms with Crippen LogP contribution in [0.5, 0.6) is 0 Å². The van der Waals surface area contributed by atoms with Crippen molar-refractivity contribution >= 4 is 27.8 Å².